The smallest absolute Gasteiger partial charge is 0.270 e. The number of hydrogen-bond acceptors (Lipinski definition) is 4. The van der Waals surface area contributed by atoms with Gasteiger partial charge in [0.05, 0.1) is 6.07 Å². The predicted molar refractivity (Wildman–Crippen MR) is 99.7 cm³/mol. The largest absolute Gasteiger partial charge is 0.335 e. The van der Waals surface area contributed by atoms with Crippen molar-refractivity contribution in [1.82, 2.24) is 19.8 Å². The number of rotatable bonds is 5. The first-order valence-electron chi connectivity index (χ1n) is 9.49. The van der Waals surface area contributed by atoms with Crippen molar-refractivity contribution in [3.8, 4) is 6.07 Å². The van der Waals surface area contributed by atoms with Crippen molar-refractivity contribution >= 4 is 22.8 Å². The van der Waals surface area contributed by atoms with E-state index in [1.165, 1.54) is 4.90 Å². The molecule has 2 fully saturated rings. The van der Waals surface area contributed by atoms with Crippen LogP contribution < -0.4 is 0 Å². The maximum atomic E-state index is 13.2. The highest BCUT2D eigenvalue weighted by molar-refractivity contribution is 5.99. The number of carbonyl (C=O) groups excluding carboxylic acids is 2. The van der Waals surface area contributed by atoms with Crippen LogP contribution in [-0.4, -0.2) is 57.3 Å². The van der Waals surface area contributed by atoms with Crippen LogP contribution in [0.3, 0.4) is 0 Å². The fourth-order valence-corrected chi connectivity index (χ4v) is 3.85. The highest BCUT2D eigenvalue weighted by Crippen LogP contribution is 2.36. The number of likely N-dealkylation sites (N-methyl/N-ethyl adjacent to an activating group) is 1. The van der Waals surface area contributed by atoms with Crippen molar-refractivity contribution in [3.05, 3.63) is 30.1 Å². The van der Waals surface area contributed by atoms with Gasteiger partial charge >= 0.3 is 0 Å². The molecule has 7 nitrogen and oxygen atoms in total. The highest BCUT2D eigenvalue weighted by atomic mass is 16.2. The molecule has 4 rings (SSSR count). The zero-order valence-corrected chi connectivity index (χ0v) is 15.4. The summed E-state index contributed by atoms with van der Waals surface area (Å²) in [5, 5.41) is 10.2. The second-order valence-corrected chi connectivity index (χ2v) is 7.55. The van der Waals surface area contributed by atoms with Gasteiger partial charge in [0, 0.05) is 25.2 Å². The van der Waals surface area contributed by atoms with Crippen LogP contribution >= 0.6 is 0 Å². The van der Waals surface area contributed by atoms with Gasteiger partial charge in [-0.2, -0.15) is 5.26 Å². The Hall–Kier alpha value is -2.88. The number of carbonyl (C=O) groups is 2. The predicted octanol–water partition coefficient (Wildman–Crippen LogP) is 2.32. The molecule has 3 heterocycles. The van der Waals surface area contributed by atoms with Gasteiger partial charge in [-0.15, -0.1) is 0 Å². The molecular formula is C20H23N5O2. The number of amides is 2. The number of likely N-dealkylation sites (tertiary alicyclic amines) is 1. The van der Waals surface area contributed by atoms with Gasteiger partial charge in [-0.3, -0.25) is 9.59 Å². The molecule has 1 aliphatic carbocycles. The lowest BCUT2D eigenvalue weighted by Gasteiger charge is -2.31. The van der Waals surface area contributed by atoms with Gasteiger partial charge in [-0.1, -0.05) is 12.8 Å². The summed E-state index contributed by atoms with van der Waals surface area (Å²) < 4.78 is 0. The first-order chi connectivity index (χ1) is 13.1. The molecular weight excluding hydrogens is 342 g/mol. The zero-order chi connectivity index (χ0) is 19.0. The topological polar surface area (TPSA) is 93.1 Å². The summed E-state index contributed by atoms with van der Waals surface area (Å²) in [4.78, 5) is 36.7. The van der Waals surface area contributed by atoms with E-state index in [0.29, 0.717) is 36.6 Å². The fourth-order valence-electron chi connectivity index (χ4n) is 3.85. The Kier molecular flexibility index (Phi) is 4.56. The lowest BCUT2D eigenvalue weighted by Crippen LogP contribution is -2.50. The molecule has 1 saturated heterocycles. The van der Waals surface area contributed by atoms with E-state index in [1.54, 1.807) is 24.2 Å². The van der Waals surface area contributed by atoms with E-state index in [-0.39, 0.29) is 17.9 Å². The number of aromatic amines is 1. The van der Waals surface area contributed by atoms with Crippen LogP contribution in [0.25, 0.3) is 11.0 Å². The molecule has 2 amide bonds. The Labute approximate surface area is 158 Å². The number of H-pyrrole nitrogens is 1. The maximum absolute atomic E-state index is 13.2. The molecule has 0 radical (unpaired) electrons. The lowest BCUT2D eigenvalue weighted by molar-refractivity contribution is -0.136. The number of nitriles is 1. The minimum absolute atomic E-state index is 0.101. The highest BCUT2D eigenvalue weighted by Gasteiger charge is 2.39. The van der Waals surface area contributed by atoms with Crippen LogP contribution in [0.4, 0.5) is 0 Å². The second-order valence-electron chi connectivity index (χ2n) is 7.55. The molecule has 2 unspecified atom stereocenters. The number of nitrogens with zero attached hydrogens (tertiary/aromatic N) is 4. The van der Waals surface area contributed by atoms with Crippen LogP contribution in [-0.2, 0) is 4.79 Å². The Morgan fingerprint density at radius 3 is 2.96 bits per heavy atom. The Morgan fingerprint density at radius 1 is 1.44 bits per heavy atom. The normalized spacial score (nSPS) is 20.4. The molecule has 2 aromatic rings. The summed E-state index contributed by atoms with van der Waals surface area (Å²) in [5.74, 6) is 0.164. The molecule has 140 valence electrons. The summed E-state index contributed by atoms with van der Waals surface area (Å²) in [6.45, 7) is 0.594. The number of fused-ring (bicyclic) bond motifs is 1. The summed E-state index contributed by atoms with van der Waals surface area (Å²) >= 11 is 0. The van der Waals surface area contributed by atoms with Crippen LogP contribution in [0, 0.1) is 17.2 Å². The monoisotopic (exact) mass is 365 g/mol. The summed E-state index contributed by atoms with van der Waals surface area (Å²) in [6.07, 6.45) is 6.09. The quantitative estimate of drug-likeness (QED) is 0.880. The Morgan fingerprint density at radius 2 is 2.26 bits per heavy atom. The van der Waals surface area contributed by atoms with Gasteiger partial charge in [0.2, 0.25) is 5.91 Å². The number of nitrogens with one attached hydrogen (secondary N) is 1. The summed E-state index contributed by atoms with van der Waals surface area (Å²) in [6, 6.07) is 6.81. The van der Waals surface area contributed by atoms with Crippen molar-refractivity contribution in [1.29, 1.82) is 5.26 Å². The van der Waals surface area contributed by atoms with Crippen molar-refractivity contribution in [3.63, 3.8) is 0 Å². The van der Waals surface area contributed by atoms with Gasteiger partial charge in [0.1, 0.15) is 23.4 Å². The second kappa shape index (κ2) is 7.03. The van der Waals surface area contributed by atoms with Crippen molar-refractivity contribution in [2.45, 2.75) is 44.2 Å². The molecule has 0 bridgehead atoms. The molecule has 1 saturated carbocycles. The third-order valence-corrected chi connectivity index (χ3v) is 5.63. The van der Waals surface area contributed by atoms with Crippen molar-refractivity contribution in [2.75, 3.05) is 13.6 Å². The van der Waals surface area contributed by atoms with Crippen molar-refractivity contribution in [2.24, 2.45) is 5.92 Å². The molecule has 2 atom stereocenters. The molecule has 7 heteroatoms. The average Bonchev–Trinajstić information content (AvgIpc) is 3.21. The number of pyridine rings is 1. The van der Waals surface area contributed by atoms with Crippen LogP contribution in [0.15, 0.2) is 24.4 Å². The van der Waals surface area contributed by atoms with E-state index >= 15 is 0 Å². The number of hydrogen-bond donors (Lipinski definition) is 1. The van der Waals surface area contributed by atoms with E-state index in [4.69, 9.17) is 0 Å². The molecule has 27 heavy (non-hydrogen) atoms. The minimum Gasteiger partial charge on any atom is -0.335 e. The van der Waals surface area contributed by atoms with E-state index in [9.17, 15) is 14.9 Å². The molecule has 0 aromatic carbocycles. The number of aromatic nitrogens is 2. The molecule has 0 spiro atoms. The third-order valence-electron chi connectivity index (χ3n) is 5.63. The zero-order valence-electron chi connectivity index (χ0n) is 15.4. The van der Waals surface area contributed by atoms with E-state index in [2.05, 4.69) is 16.0 Å². The minimum atomic E-state index is -0.529. The van der Waals surface area contributed by atoms with Crippen LogP contribution in [0.5, 0.6) is 0 Å². The summed E-state index contributed by atoms with van der Waals surface area (Å²) in [7, 11) is 1.68. The van der Waals surface area contributed by atoms with Gasteiger partial charge in [0.15, 0.2) is 0 Å². The van der Waals surface area contributed by atoms with Crippen molar-refractivity contribution < 1.29 is 9.59 Å². The molecule has 2 aromatic heterocycles. The first-order valence-corrected chi connectivity index (χ1v) is 9.49. The van der Waals surface area contributed by atoms with Gasteiger partial charge in [0.25, 0.3) is 5.91 Å². The van der Waals surface area contributed by atoms with Crippen LogP contribution in [0.1, 0.15) is 42.6 Å². The Balaban J connectivity index is 1.58. The van der Waals surface area contributed by atoms with E-state index in [1.807, 2.05) is 12.1 Å². The fraction of sp³-hybridized carbons (Fsp3) is 0.500. The SMILES string of the molecule is CN(C(=O)c1cc2cccnc2[nH]1)C(CC1CC1)C(=O)N1CCCC1C#N. The first kappa shape index (κ1) is 17.5. The van der Waals surface area contributed by atoms with Gasteiger partial charge < -0.3 is 14.8 Å². The van der Waals surface area contributed by atoms with Gasteiger partial charge in [-0.25, -0.2) is 4.98 Å². The lowest BCUT2D eigenvalue weighted by atomic mass is 10.1. The average molecular weight is 365 g/mol. The van der Waals surface area contributed by atoms with Crippen LogP contribution in [0.2, 0.25) is 0 Å². The maximum Gasteiger partial charge on any atom is 0.270 e. The molecule has 1 N–H and O–H groups in total. The standard InChI is InChI=1S/C20H23N5O2/c1-24(19(26)16-11-14-4-2-8-22-18(14)23-16)17(10-13-6-7-13)20(27)25-9-3-5-15(25)12-21/h2,4,8,11,13,15,17H,3,5-7,9-10H2,1H3,(H,22,23). The van der Waals surface area contributed by atoms with Gasteiger partial charge in [-0.05, 0) is 43.4 Å². The molecule has 2 aliphatic rings. The molecule has 1 aliphatic heterocycles. The Bertz CT molecular complexity index is 877. The third kappa shape index (κ3) is 3.39. The summed E-state index contributed by atoms with van der Waals surface area (Å²) in [5.41, 5.74) is 1.08. The van der Waals surface area contributed by atoms with E-state index in [0.717, 1.165) is 24.6 Å². The van der Waals surface area contributed by atoms with E-state index < -0.39 is 6.04 Å².